The summed E-state index contributed by atoms with van der Waals surface area (Å²) in [5.41, 5.74) is -1.14. The van der Waals surface area contributed by atoms with Gasteiger partial charge in [0.1, 0.15) is 11.5 Å². The molecule has 0 radical (unpaired) electrons. The van der Waals surface area contributed by atoms with Crippen molar-refractivity contribution >= 4 is 17.5 Å². The zero-order chi connectivity index (χ0) is 21.7. The molecule has 0 unspecified atom stereocenters. The summed E-state index contributed by atoms with van der Waals surface area (Å²) in [6.45, 7) is 1.82. The summed E-state index contributed by atoms with van der Waals surface area (Å²) >= 11 is 0. The molecule has 5 nitrogen and oxygen atoms in total. The molecule has 3 saturated carbocycles. The van der Waals surface area contributed by atoms with Gasteiger partial charge in [-0.3, -0.25) is 14.6 Å². The molecular formula is C21H19F4N3O2. The molecule has 0 aliphatic heterocycles. The van der Waals surface area contributed by atoms with Crippen molar-refractivity contribution in [3.63, 3.8) is 0 Å². The Labute approximate surface area is 169 Å². The Bertz CT molecular complexity index is 967. The van der Waals surface area contributed by atoms with Crippen molar-refractivity contribution in [3.05, 3.63) is 59.7 Å². The Balaban J connectivity index is 1.32. The van der Waals surface area contributed by atoms with Crippen LogP contribution in [0.4, 0.5) is 23.2 Å². The van der Waals surface area contributed by atoms with E-state index in [0.717, 1.165) is 12.1 Å². The average Bonchev–Trinajstić information content (AvgIpc) is 2.64. The van der Waals surface area contributed by atoms with E-state index in [1.165, 1.54) is 24.3 Å². The van der Waals surface area contributed by atoms with Crippen molar-refractivity contribution < 1.29 is 27.2 Å². The molecule has 2 amide bonds. The molecule has 5 rings (SSSR count). The van der Waals surface area contributed by atoms with Crippen LogP contribution >= 0.6 is 0 Å². The molecule has 3 fully saturated rings. The third-order valence-electron chi connectivity index (χ3n) is 6.20. The number of rotatable bonds is 5. The monoisotopic (exact) mass is 421 g/mol. The number of anilines is 1. The smallest absolute Gasteiger partial charge is 0.345 e. The van der Waals surface area contributed by atoms with E-state index in [2.05, 4.69) is 15.6 Å². The number of halogens is 4. The maximum Gasteiger partial charge on any atom is 0.417 e. The summed E-state index contributed by atoms with van der Waals surface area (Å²) in [5.74, 6) is -1.39. The van der Waals surface area contributed by atoms with Gasteiger partial charge < -0.3 is 10.6 Å². The van der Waals surface area contributed by atoms with Gasteiger partial charge >= 0.3 is 6.18 Å². The van der Waals surface area contributed by atoms with E-state index in [1.54, 1.807) is 0 Å². The van der Waals surface area contributed by atoms with E-state index in [0.29, 0.717) is 31.1 Å². The number of nitrogens with zero attached hydrogens (tertiary/aromatic N) is 1. The molecule has 2 N–H and O–H groups in total. The fraction of sp³-hybridized carbons (Fsp3) is 0.381. The van der Waals surface area contributed by atoms with Crippen LogP contribution in [0, 0.1) is 17.2 Å². The molecule has 0 spiro atoms. The molecule has 1 aromatic carbocycles. The zero-order valence-corrected chi connectivity index (χ0v) is 16.0. The van der Waals surface area contributed by atoms with Gasteiger partial charge in [-0.05, 0) is 61.1 Å². The zero-order valence-electron chi connectivity index (χ0n) is 16.0. The van der Waals surface area contributed by atoms with Crippen LogP contribution in [0.2, 0.25) is 0 Å². The second-order valence-corrected chi connectivity index (χ2v) is 8.27. The quantitative estimate of drug-likeness (QED) is 0.712. The standard InChI is InChI=1S/C21H19F4N3O2/c1-12(17(29)27-15-5-3-14(22)4-6-15)19-9-20(10-19,11-19)28-18(30)16-7-2-13(8-26-16)21(23,24)25/h2-8,12H,9-11H2,1H3,(H,27,29)(H,28,30)/t12-,19?,20?/m1/s1. The molecule has 9 heteroatoms. The molecule has 30 heavy (non-hydrogen) atoms. The highest BCUT2D eigenvalue weighted by molar-refractivity contribution is 5.94. The molecule has 3 aliphatic carbocycles. The van der Waals surface area contributed by atoms with Crippen LogP contribution < -0.4 is 10.6 Å². The second kappa shape index (κ2) is 6.78. The summed E-state index contributed by atoms with van der Waals surface area (Å²) < 4.78 is 50.8. The summed E-state index contributed by atoms with van der Waals surface area (Å²) in [6.07, 6.45) is -2.02. The highest BCUT2D eigenvalue weighted by Gasteiger charge is 2.71. The lowest BCUT2D eigenvalue weighted by atomic mass is 9.36. The number of amides is 2. The number of hydrogen-bond donors (Lipinski definition) is 2. The maximum atomic E-state index is 13.0. The number of nitrogens with one attached hydrogen (secondary N) is 2. The van der Waals surface area contributed by atoms with Crippen molar-refractivity contribution in [3.8, 4) is 0 Å². The van der Waals surface area contributed by atoms with Crippen molar-refractivity contribution in [2.75, 3.05) is 5.32 Å². The van der Waals surface area contributed by atoms with E-state index in [-0.39, 0.29) is 28.8 Å². The van der Waals surface area contributed by atoms with Gasteiger partial charge in [-0.15, -0.1) is 0 Å². The van der Waals surface area contributed by atoms with Crippen LogP contribution in [0.1, 0.15) is 42.2 Å². The summed E-state index contributed by atoms with van der Waals surface area (Å²) in [5, 5.41) is 5.62. The number of pyridine rings is 1. The van der Waals surface area contributed by atoms with Gasteiger partial charge in [-0.25, -0.2) is 4.39 Å². The first-order valence-corrected chi connectivity index (χ1v) is 9.44. The third-order valence-corrected chi connectivity index (χ3v) is 6.20. The molecule has 3 aliphatic rings. The molecular weight excluding hydrogens is 402 g/mol. The minimum Gasteiger partial charge on any atom is -0.345 e. The lowest BCUT2D eigenvalue weighted by Crippen LogP contribution is -2.77. The van der Waals surface area contributed by atoms with Gasteiger partial charge in [0.25, 0.3) is 5.91 Å². The number of aromatic nitrogens is 1. The highest BCUT2D eigenvalue weighted by atomic mass is 19.4. The maximum absolute atomic E-state index is 13.0. The minimum absolute atomic E-state index is 0.0797. The van der Waals surface area contributed by atoms with Crippen molar-refractivity contribution in [2.24, 2.45) is 11.3 Å². The van der Waals surface area contributed by atoms with Crippen LogP contribution in [-0.4, -0.2) is 22.3 Å². The topological polar surface area (TPSA) is 71.1 Å². The van der Waals surface area contributed by atoms with Gasteiger partial charge in [0.15, 0.2) is 0 Å². The fourth-order valence-electron chi connectivity index (χ4n) is 4.52. The second-order valence-electron chi connectivity index (χ2n) is 8.27. The van der Waals surface area contributed by atoms with Crippen molar-refractivity contribution in [2.45, 2.75) is 37.9 Å². The van der Waals surface area contributed by atoms with E-state index in [9.17, 15) is 27.2 Å². The van der Waals surface area contributed by atoms with E-state index < -0.39 is 23.2 Å². The van der Waals surface area contributed by atoms with Gasteiger partial charge in [0.05, 0.1) is 5.56 Å². The number of alkyl halides is 3. The first kappa shape index (κ1) is 20.3. The van der Waals surface area contributed by atoms with Gasteiger partial charge in [0.2, 0.25) is 5.91 Å². The SMILES string of the molecule is C[C@H](C(=O)Nc1ccc(F)cc1)C12CC(NC(=O)c3ccc(C(F)(F)F)cn3)(C1)C2. The molecule has 1 aromatic heterocycles. The minimum atomic E-state index is -4.51. The number of benzene rings is 1. The summed E-state index contributed by atoms with van der Waals surface area (Å²) in [7, 11) is 0. The number of carbonyl (C=O) groups excluding carboxylic acids is 2. The Morgan fingerprint density at radius 1 is 1.07 bits per heavy atom. The molecule has 2 bridgehead atoms. The van der Waals surface area contributed by atoms with E-state index in [4.69, 9.17) is 0 Å². The summed E-state index contributed by atoms with van der Waals surface area (Å²) in [4.78, 5) is 28.5. The molecule has 1 atom stereocenters. The van der Waals surface area contributed by atoms with E-state index in [1.807, 2.05) is 6.92 Å². The predicted molar refractivity (Wildman–Crippen MR) is 99.9 cm³/mol. The normalized spacial score (nSPS) is 25.5. The predicted octanol–water partition coefficient (Wildman–Crippen LogP) is 4.17. The lowest BCUT2D eigenvalue weighted by molar-refractivity contribution is -0.184. The highest BCUT2D eigenvalue weighted by Crippen LogP contribution is 2.70. The number of carbonyl (C=O) groups is 2. The van der Waals surface area contributed by atoms with Crippen LogP contribution in [-0.2, 0) is 11.0 Å². The fourth-order valence-corrected chi connectivity index (χ4v) is 4.52. The van der Waals surface area contributed by atoms with Crippen LogP contribution in [0.3, 0.4) is 0 Å². The molecule has 0 saturated heterocycles. The number of hydrogen-bond acceptors (Lipinski definition) is 3. The van der Waals surface area contributed by atoms with Gasteiger partial charge in [0, 0.05) is 23.3 Å². The van der Waals surface area contributed by atoms with Gasteiger partial charge in [-0.1, -0.05) is 6.92 Å². The molecule has 1 heterocycles. The first-order valence-electron chi connectivity index (χ1n) is 9.44. The Kier molecular flexibility index (Phi) is 4.59. The van der Waals surface area contributed by atoms with Crippen LogP contribution in [0.5, 0.6) is 0 Å². The Hall–Kier alpha value is -2.97. The average molecular weight is 421 g/mol. The third kappa shape index (κ3) is 3.53. The Morgan fingerprint density at radius 2 is 1.70 bits per heavy atom. The Morgan fingerprint density at radius 3 is 2.23 bits per heavy atom. The van der Waals surface area contributed by atoms with Crippen molar-refractivity contribution in [1.29, 1.82) is 0 Å². The van der Waals surface area contributed by atoms with Gasteiger partial charge in [-0.2, -0.15) is 13.2 Å². The summed E-state index contributed by atoms with van der Waals surface area (Å²) in [6, 6.07) is 7.38. The largest absolute Gasteiger partial charge is 0.417 e. The van der Waals surface area contributed by atoms with Crippen LogP contribution in [0.25, 0.3) is 0 Å². The molecule has 158 valence electrons. The first-order chi connectivity index (χ1) is 14.0. The van der Waals surface area contributed by atoms with Crippen LogP contribution in [0.15, 0.2) is 42.6 Å². The lowest BCUT2D eigenvalue weighted by Gasteiger charge is -2.72. The van der Waals surface area contributed by atoms with Crippen molar-refractivity contribution in [1.82, 2.24) is 10.3 Å². The van der Waals surface area contributed by atoms with E-state index >= 15 is 0 Å². The molecule has 2 aromatic rings.